The number of nitrogens with zero attached hydrogens (tertiary/aromatic N) is 1. The van der Waals surface area contributed by atoms with E-state index in [2.05, 4.69) is 41.8 Å². The molecule has 0 spiro atoms. The summed E-state index contributed by atoms with van der Waals surface area (Å²) in [4.78, 5) is 14.2. The first-order valence-electron chi connectivity index (χ1n) is 8.08. The van der Waals surface area contributed by atoms with Crippen LogP contribution >= 0.6 is 0 Å². The molecule has 0 bridgehead atoms. The third-order valence-corrected chi connectivity index (χ3v) is 4.74. The Labute approximate surface area is 126 Å². The normalized spacial score (nSPS) is 22.7. The van der Waals surface area contributed by atoms with Crippen molar-refractivity contribution in [2.24, 2.45) is 5.92 Å². The summed E-state index contributed by atoms with van der Waals surface area (Å²) in [6, 6.07) is 8.86. The minimum atomic E-state index is 0.0896. The van der Waals surface area contributed by atoms with Gasteiger partial charge in [-0.05, 0) is 42.9 Å². The Balaban J connectivity index is 1.55. The van der Waals surface area contributed by atoms with Crippen LogP contribution in [0.4, 0.5) is 4.79 Å². The van der Waals surface area contributed by atoms with Gasteiger partial charge in [0.2, 0.25) is 0 Å². The lowest BCUT2D eigenvalue weighted by molar-refractivity contribution is 0.173. The molecule has 2 aliphatic rings. The molecule has 114 valence electrons. The minimum Gasteiger partial charge on any atom is -0.336 e. The molecule has 1 aromatic carbocycles. The number of piperidine rings is 1. The number of likely N-dealkylation sites (tertiary alicyclic amines) is 1. The Morgan fingerprint density at radius 3 is 2.90 bits per heavy atom. The van der Waals surface area contributed by atoms with Gasteiger partial charge >= 0.3 is 6.03 Å². The molecule has 0 aromatic heterocycles. The molecular formula is C17H25N3O. The lowest BCUT2D eigenvalue weighted by atomic mass is 9.94. The quantitative estimate of drug-likeness (QED) is 0.877. The van der Waals surface area contributed by atoms with Crippen molar-refractivity contribution in [3.05, 3.63) is 35.4 Å². The zero-order valence-electron chi connectivity index (χ0n) is 12.8. The molecule has 0 aliphatic carbocycles. The van der Waals surface area contributed by atoms with E-state index in [9.17, 15) is 4.79 Å². The standard InChI is InChI=1S/C17H25N3O/c1-13-7-10-20(11-8-13)17(21)19-12-16-15-5-3-2-4-14(15)6-9-18-16/h2-5,13,16,18H,6-12H2,1H3,(H,19,21). The fourth-order valence-electron chi connectivity index (χ4n) is 3.29. The van der Waals surface area contributed by atoms with Gasteiger partial charge < -0.3 is 15.5 Å². The summed E-state index contributed by atoms with van der Waals surface area (Å²) in [5, 5.41) is 6.61. The van der Waals surface area contributed by atoms with Crippen LogP contribution in [0.1, 0.15) is 36.9 Å². The topological polar surface area (TPSA) is 44.4 Å². The molecule has 2 heterocycles. The maximum atomic E-state index is 12.2. The third kappa shape index (κ3) is 3.38. The highest BCUT2D eigenvalue weighted by Crippen LogP contribution is 2.22. The zero-order chi connectivity index (χ0) is 14.7. The summed E-state index contributed by atoms with van der Waals surface area (Å²) < 4.78 is 0. The van der Waals surface area contributed by atoms with E-state index in [-0.39, 0.29) is 12.1 Å². The third-order valence-electron chi connectivity index (χ3n) is 4.74. The lowest BCUT2D eigenvalue weighted by Gasteiger charge is -2.32. The first kappa shape index (κ1) is 14.4. The number of amides is 2. The minimum absolute atomic E-state index is 0.0896. The summed E-state index contributed by atoms with van der Waals surface area (Å²) in [7, 11) is 0. The summed E-state index contributed by atoms with van der Waals surface area (Å²) >= 11 is 0. The van der Waals surface area contributed by atoms with Gasteiger partial charge in [-0.2, -0.15) is 0 Å². The van der Waals surface area contributed by atoms with Crippen molar-refractivity contribution in [2.75, 3.05) is 26.2 Å². The van der Waals surface area contributed by atoms with Crippen LogP contribution in [0.3, 0.4) is 0 Å². The van der Waals surface area contributed by atoms with E-state index >= 15 is 0 Å². The van der Waals surface area contributed by atoms with Crippen molar-refractivity contribution in [3.8, 4) is 0 Å². The van der Waals surface area contributed by atoms with E-state index in [0.717, 1.165) is 44.8 Å². The maximum absolute atomic E-state index is 12.2. The zero-order valence-corrected chi connectivity index (χ0v) is 12.8. The molecule has 1 saturated heterocycles. The Kier molecular flexibility index (Phi) is 4.44. The second-order valence-corrected chi connectivity index (χ2v) is 6.31. The molecule has 1 aromatic rings. The van der Waals surface area contributed by atoms with Crippen LogP contribution < -0.4 is 10.6 Å². The van der Waals surface area contributed by atoms with Gasteiger partial charge in [0.15, 0.2) is 0 Å². The SMILES string of the molecule is CC1CCN(C(=O)NCC2NCCc3ccccc32)CC1. The van der Waals surface area contributed by atoms with Crippen molar-refractivity contribution >= 4 is 6.03 Å². The molecule has 2 N–H and O–H groups in total. The molecule has 0 saturated carbocycles. The van der Waals surface area contributed by atoms with Gasteiger partial charge in [-0.1, -0.05) is 31.2 Å². The number of benzene rings is 1. The van der Waals surface area contributed by atoms with Crippen LogP contribution in [0.2, 0.25) is 0 Å². The lowest BCUT2D eigenvalue weighted by Crippen LogP contribution is -2.47. The van der Waals surface area contributed by atoms with Crippen molar-refractivity contribution < 1.29 is 4.79 Å². The molecule has 2 aliphatic heterocycles. The number of hydrogen-bond donors (Lipinski definition) is 2. The first-order chi connectivity index (χ1) is 10.2. The fraction of sp³-hybridized carbons (Fsp3) is 0.588. The number of hydrogen-bond acceptors (Lipinski definition) is 2. The van der Waals surface area contributed by atoms with Gasteiger partial charge in [0, 0.05) is 25.7 Å². The van der Waals surface area contributed by atoms with Crippen LogP contribution in [0, 0.1) is 5.92 Å². The van der Waals surface area contributed by atoms with Crippen molar-refractivity contribution in [2.45, 2.75) is 32.2 Å². The van der Waals surface area contributed by atoms with E-state index in [0.29, 0.717) is 6.54 Å². The molecule has 2 amide bonds. The monoisotopic (exact) mass is 287 g/mol. The molecule has 1 fully saturated rings. The molecule has 1 atom stereocenters. The smallest absolute Gasteiger partial charge is 0.317 e. The number of nitrogens with one attached hydrogen (secondary N) is 2. The van der Waals surface area contributed by atoms with E-state index in [1.165, 1.54) is 11.1 Å². The Bertz CT molecular complexity index is 495. The van der Waals surface area contributed by atoms with Crippen molar-refractivity contribution in [1.29, 1.82) is 0 Å². The van der Waals surface area contributed by atoms with Crippen LogP contribution in [0.25, 0.3) is 0 Å². The highest BCUT2D eigenvalue weighted by atomic mass is 16.2. The second kappa shape index (κ2) is 6.48. The molecular weight excluding hydrogens is 262 g/mol. The van der Waals surface area contributed by atoms with Gasteiger partial charge in [0.1, 0.15) is 0 Å². The number of urea groups is 1. The molecule has 3 rings (SSSR count). The predicted molar refractivity (Wildman–Crippen MR) is 84.3 cm³/mol. The largest absolute Gasteiger partial charge is 0.336 e. The van der Waals surface area contributed by atoms with Gasteiger partial charge in [0.05, 0.1) is 0 Å². The summed E-state index contributed by atoms with van der Waals surface area (Å²) in [6.45, 7) is 5.70. The highest BCUT2D eigenvalue weighted by Gasteiger charge is 2.23. The summed E-state index contributed by atoms with van der Waals surface area (Å²) in [5.41, 5.74) is 2.73. The number of rotatable bonds is 2. The van der Waals surface area contributed by atoms with Gasteiger partial charge in [-0.25, -0.2) is 4.79 Å². The summed E-state index contributed by atoms with van der Waals surface area (Å²) in [6.07, 6.45) is 3.32. The molecule has 1 unspecified atom stereocenters. The van der Waals surface area contributed by atoms with Crippen molar-refractivity contribution in [3.63, 3.8) is 0 Å². The van der Waals surface area contributed by atoms with Crippen molar-refractivity contribution in [1.82, 2.24) is 15.5 Å². The van der Waals surface area contributed by atoms with E-state index in [1.54, 1.807) is 0 Å². The van der Waals surface area contributed by atoms with E-state index in [4.69, 9.17) is 0 Å². The number of fused-ring (bicyclic) bond motifs is 1. The average Bonchev–Trinajstić information content (AvgIpc) is 2.53. The van der Waals surface area contributed by atoms with Crippen LogP contribution in [-0.4, -0.2) is 37.1 Å². The Morgan fingerprint density at radius 1 is 1.33 bits per heavy atom. The second-order valence-electron chi connectivity index (χ2n) is 6.31. The van der Waals surface area contributed by atoms with Gasteiger partial charge in [-0.3, -0.25) is 0 Å². The fourth-order valence-corrected chi connectivity index (χ4v) is 3.29. The number of carbonyl (C=O) groups is 1. The highest BCUT2D eigenvalue weighted by molar-refractivity contribution is 5.74. The molecule has 4 nitrogen and oxygen atoms in total. The molecule has 21 heavy (non-hydrogen) atoms. The van der Waals surface area contributed by atoms with Gasteiger partial charge in [0.25, 0.3) is 0 Å². The van der Waals surface area contributed by atoms with E-state index in [1.807, 2.05) is 4.90 Å². The van der Waals surface area contributed by atoms with Crippen LogP contribution in [0.15, 0.2) is 24.3 Å². The maximum Gasteiger partial charge on any atom is 0.317 e. The average molecular weight is 287 g/mol. The van der Waals surface area contributed by atoms with Crippen LogP contribution in [-0.2, 0) is 6.42 Å². The first-order valence-corrected chi connectivity index (χ1v) is 8.08. The van der Waals surface area contributed by atoms with E-state index < -0.39 is 0 Å². The summed E-state index contributed by atoms with van der Waals surface area (Å²) in [5.74, 6) is 0.751. The molecule has 4 heteroatoms. The Hall–Kier alpha value is -1.55. The Morgan fingerprint density at radius 2 is 2.10 bits per heavy atom. The van der Waals surface area contributed by atoms with Crippen LogP contribution in [0.5, 0.6) is 0 Å². The molecule has 0 radical (unpaired) electrons. The predicted octanol–water partition coefficient (Wildman–Crippen LogP) is 2.31. The van der Waals surface area contributed by atoms with Gasteiger partial charge in [-0.15, -0.1) is 0 Å². The number of carbonyl (C=O) groups excluding carboxylic acids is 1.